The monoisotopic (exact) mass is 279 g/mol. The van der Waals surface area contributed by atoms with Gasteiger partial charge >= 0.3 is 0 Å². The van der Waals surface area contributed by atoms with E-state index >= 15 is 0 Å². The van der Waals surface area contributed by atoms with Crippen molar-refractivity contribution in [2.45, 2.75) is 43.5 Å². The Balaban J connectivity index is 2.14. The van der Waals surface area contributed by atoms with Crippen LogP contribution >= 0.6 is 11.8 Å². The average molecular weight is 279 g/mol. The summed E-state index contributed by atoms with van der Waals surface area (Å²) in [4.78, 5) is 0. The first-order valence-electron chi connectivity index (χ1n) is 6.55. The molecule has 0 aliphatic rings. The predicted molar refractivity (Wildman–Crippen MR) is 78.2 cm³/mol. The van der Waals surface area contributed by atoms with E-state index < -0.39 is 0 Å². The van der Waals surface area contributed by atoms with E-state index in [1.165, 1.54) is 10.6 Å². The Morgan fingerprint density at radius 2 is 2.32 bits per heavy atom. The standard InChI is InChI=1S/C14H21N3OS/c1-4-11(15)8-13-10(2)16-17(3)14(13)19-9-12-6-5-7-18-12/h5-7,11H,4,8-9,15H2,1-3H3. The van der Waals surface area contributed by atoms with Gasteiger partial charge in [-0.3, -0.25) is 4.68 Å². The molecule has 1 atom stereocenters. The molecule has 0 radical (unpaired) electrons. The van der Waals surface area contributed by atoms with Gasteiger partial charge in [-0.05, 0) is 31.9 Å². The van der Waals surface area contributed by atoms with Crippen LogP contribution in [0.3, 0.4) is 0 Å². The molecule has 0 aliphatic carbocycles. The molecule has 104 valence electrons. The van der Waals surface area contributed by atoms with Crippen LogP contribution in [0.2, 0.25) is 0 Å². The first-order chi connectivity index (χ1) is 9.11. The zero-order valence-corrected chi connectivity index (χ0v) is 12.5. The minimum absolute atomic E-state index is 0.200. The fraction of sp³-hybridized carbons (Fsp3) is 0.500. The lowest BCUT2D eigenvalue weighted by molar-refractivity contribution is 0.530. The average Bonchev–Trinajstić information content (AvgIpc) is 2.97. The maximum atomic E-state index is 6.08. The maximum absolute atomic E-state index is 6.08. The van der Waals surface area contributed by atoms with Crippen LogP contribution in [0.1, 0.15) is 30.4 Å². The van der Waals surface area contributed by atoms with Gasteiger partial charge in [0, 0.05) is 18.7 Å². The van der Waals surface area contributed by atoms with Crippen LogP contribution in [0, 0.1) is 6.92 Å². The molecule has 1 unspecified atom stereocenters. The zero-order chi connectivity index (χ0) is 13.8. The molecule has 2 aromatic heterocycles. The van der Waals surface area contributed by atoms with E-state index in [9.17, 15) is 0 Å². The number of thioether (sulfide) groups is 1. The Hall–Kier alpha value is -1.20. The van der Waals surface area contributed by atoms with Gasteiger partial charge < -0.3 is 10.2 Å². The van der Waals surface area contributed by atoms with Crippen molar-refractivity contribution in [1.82, 2.24) is 9.78 Å². The molecular weight excluding hydrogens is 258 g/mol. The quantitative estimate of drug-likeness (QED) is 0.826. The van der Waals surface area contributed by atoms with E-state index in [1.807, 2.05) is 23.9 Å². The van der Waals surface area contributed by atoms with Crippen molar-refractivity contribution in [3.63, 3.8) is 0 Å². The molecule has 4 nitrogen and oxygen atoms in total. The van der Waals surface area contributed by atoms with Crippen molar-refractivity contribution in [2.24, 2.45) is 12.8 Å². The molecular formula is C14H21N3OS. The normalized spacial score (nSPS) is 12.8. The number of aromatic nitrogens is 2. The van der Waals surface area contributed by atoms with Crippen molar-refractivity contribution in [2.75, 3.05) is 0 Å². The van der Waals surface area contributed by atoms with Crippen molar-refractivity contribution < 1.29 is 4.42 Å². The summed E-state index contributed by atoms with van der Waals surface area (Å²) < 4.78 is 7.31. The lowest BCUT2D eigenvalue weighted by Gasteiger charge is -2.10. The van der Waals surface area contributed by atoms with Gasteiger partial charge in [0.25, 0.3) is 0 Å². The fourth-order valence-corrected chi connectivity index (χ4v) is 3.11. The highest BCUT2D eigenvalue weighted by atomic mass is 32.2. The number of nitrogens with zero attached hydrogens (tertiary/aromatic N) is 2. The summed E-state index contributed by atoms with van der Waals surface area (Å²) in [6.45, 7) is 4.17. The van der Waals surface area contributed by atoms with E-state index in [-0.39, 0.29) is 6.04 Å². The van der Waals surface area contributed by atoms with E-state index in [4.69, 9.17) is 10.2 Å². The molecule has 0 saturated carbocycles. The summed E-state index contributed by atoms with van der Waals surface area (Å²) >= 11 is 1.76. The minimum atomic E-state index is 0.200. The van der Waals surface area contributed by atoms with Gasteiger partial charge in [-0.15, -0.1) is 0 Å². The molecule has 2 N–H and O–H groups in total. The van der Waals surface area contributed by atoms with E-state index in [1.54, 1.807) is 18.0 Å². The maximum Gasteiger partial charge on any atom is 0.114 e. The minimum Gasteiger partial charge on any atom is -0.468 e. The summed E-state index contributed by atoms with van der Waals surface area (Å²) in [7, 11) is 1.98. The van der Waals surface area contributed by atoms with Crippen LogP contribution in [0.4, 0.5) is 0 Å². The predicted octanol–water partition coefficient (Wildman–Crippen LogP) is 2.89. The number of aryl methyl sites for hydroxylation is 2. The highest BCUT2D eigenvalue weighted by Crippen LogP contribution is 2.29. The van der Waals surface area contributed by atoms with Crippen LogP contribution in [-0.4, -0.2) is 15.8 Å². The van der Waals surface area contributed by atoms with Gasteiger partial charge in [0.1, 0.15) is 5.76 Å². The molecule has 2 heterocycles. The Morgan fingerprint density at radius 1 is 1.53 bits per heavy atom. The van der Waals surface area contributed by atoms with Gasteiger partial charge in [-0.25, -0.2) is 0 Å². The van der Waals surface area contributed by atoms with Gasteiger partial charge in [-0.1, -0.05) is 18.7 Å². The number of nitrogens with two attached hydrogens (primary N) is 1. The van der Waals surface area contributed by atoms with Gasteiger partial charge in [-0.2, -0.15) is 5.10 Å². The highest BCUT2D eigenvalue weighted by molar-refractivity contribution is 7.98. The molecule has 0 spiro atoms. The third-order valence-electron chi connectivity index (χ3n) is 3.21. The Morgan fingerprint density at radius 3 is 2.95 bits per heavy atom. The molecule has 0 bridgehead atoms. The third-order valence-corrected chi connectivity index (χ3v) is 4.42. The number of hydrogen-bond acceptors (Lipinski definition) is 4. The van der Waals surface area contributed by atoms with E-state index in [2.05, 4.69) is 18.9 Å². The van der Waals surface area contributed by atoms with E-state index in [0.29, 0.717) is 0 Å². The number of rotatable bonds is 6. The second-order valence-electron chi connectivity index (χ2n) is 4.73. The van der Waals surface area contributed by atoms with E-state index in [0.717, 1.165) is 30.0 Å². The van der Waals surface area contributed by atoms with Crippen molar-refractivity contribution >= 4 is 11.8 Å². The molecule has 0 aliphatic heterocycles. The largest absolute Gasteiger partial charge is 0.468 e. The molecule has 0 aromatic carbocycles. The van der Waals surface area contributed by atoms with Crippen LogP contribution in [0.5, 0.6) is 0 Å². The first kappa shape index (κ1) is 14.2. The first-order valence-corrected chi connectivity index (χ1v) is 7.53. The lowest BCUT2D eigenvalue weighted by atomic mass is 10.1. The summed E-state index contributed by atoms with van der Waals surface area (Å²) in [5.74, 6) is 1.80. The summed E-state index contributed by atoms with van der Waals surface area (Å²) in [5.41, 5.74) is 8.43. The molecule has 2 aromatic rings. The topological polar surface area (TPSA) is 57.0 Å². The molecule has 0 amide bonds. The number of hydrogen-bond donors (Lipinski definition) is 1. The Labute approximate surface area is 118 Å². The molecule has 2 rings (SSSR count). The Bertz CT molecular complexity index is 519. The second kappa shape index (κ2) is 6.30. The van der Waals surface area contributed by atoms with Gasteiger partial charge in [0.05, 0.1) is 22.7 Å². The smallest absolute Gasteiger partial charge is 0.114 e. The molecule has 0 saturated heterocycles. The van der Waals surface area contributed by atoms with Crippen molar-refractivity contribution in [3.05, 3.63) is 35.4 Å². The number of furan rings is 1. The highest BCUT2D eigenvalue weighted by Gasteiger charge is 2.16. The van der Waals surface area contributed by atoms with Gasteiger partial charge in [0.2, 0.25) is 0 Å². The van der Waals surface area contributed by atoms with Crippen molar-refractivity contribution in [1.29, 1.82) is 0 Å². The lowest BCUT2D eigenvalue weighted by Crippen LogP contribution is -2.21. The molecule has 5 heteroatoms. The van der Waals surface area contributed by atoms with Crippen LogP contribution < -0.4 is 5.73 Å². The Kier molecular flexibility index (Phi) is 4.71. The van der Waals surface area contributed by atoms with Crippen LogP contribution in [-0.2, 0) is 19.2 Å². The third kappa shape index (κ3) is 3.42. The molecule has 19 heavy (non-hydrogen) atoms. The van der Waals surface area contributed by atoms with Crippen LogP contribution in [0.25, 0.3) is 0 Å². The zero-order valence-electron chi connectivity index (χ0n) is 11.7. The van der Waals surface area contributed by atoms with Crippen LogP contribution in [0.15, 0.2) is 27.8 Å². The second-order valence-corrected chi connectivity index (χ2v) is 5.70. The van der Waals surface area contributed by atoms with Gasteiger partial charge in [0.15, 0.2) is 0 Å². The van der Waals surface area contributed by atoms with Crippen molar-refractivity contribution in [3.8, 4) is 0 Å². The SMILES string of the molecule is CCC(N)Cc1c(C)nn(C)c1SCc1ccco1. The summed E-state index contributed by atoms with van der Waals surface area (Å²) in [5, 5.41) is 5.70. The summed E-state index contributed by atoms with van der Waals surface area (Å²) in [6, 6.07) is 4.11. The fourth-order valence-electron chi connectivity index (χ4n) is 2.04. The summed E-state index contributed by atoms with van der Waals surface area (Å²) in [6.07, 6.45) is 3.57. The molecule has 0 fully saturated rings.